The zero-order valence-corrected chi connectivity index (χ0v) is 12.1. The molecule has 1 heterocycles. The van der Waals surface area contributed by atoms with Crippen molar-refractivity contribution >= 4 is 27.3 Å². The van der Waals surface area contributed by atoms with E-state index in [4.69, 9.17) is 0 Å². The molecule has 0 bridgehead atoms. The van der Waals surface area contributed by atoms with Gasteiger partial charge in [-0.1, -0.05) is 0 Å². The van der Waals surface area contributed by atoms with E-state index in [0.717, 1.165) is 17.9 Å². The van der Waals surface area contributed by atoms with Crippen molar-refractivity contribution in [3.63, 3.8) is 0 Å². The van der Waals surface area contributed by atoms with Gasteiger partial charge in [-0.05, 0) is 65.9 Å². The third-order valence-corrected chi connectivity index (χ3v) is 6.16. The third-order valence-electron chi connectivity index (χ3n) is 4.02. The molecule has 0 unspecified atom stereocenters. The standard InChI is InChI=1S/C13H18BrNS/c1-9-12(14)6-11(16-9)7-15-8-13(4-5-13)10-2-3-10/h6,10,15H,2-5,7-8H2,1H3. The van der Waals surface area contributed by atoms with Gasteiger partial charge in [0.1, 0.15) is 0 Å². The maximum absolute atomic E-state index is 3.66. The van der Waals surface area contributed by atoms with Gasteiger partial charge in [0.15, 0.2) is 0 Å². The van der Waals surface area contributed by atoms with Crippen LogP contribution >= 0.6 is 27.3 Å². The largest absolute Gasteiger partial charge is 0.311 e. The minimum Gasteiger partial charge on any atom is -0.311 e. The molecule has 0 aromatic carbocycles. The van der Waals surface area contributed by atoms with E-state index in [-0.39, 0.29) is 0 Å². The number of nitrogens with one attached hydrogen (secondary N) is 1. The van der Waals surface area contributed by atoms with Crippen LogP contribution < -0.4 is 5.32 Å². The van der Waals surface area contributed by atoms with Crippen molar-refractivity contribution in [2.75, 3.05) is 6.54 Å². The average molecular weight is 300 g/mol. The molecule has 0 aliphatic heterocycles. The molecule has 1 N–H and O–H groups in total. The van der Waals surface area contributed by atoms with Gasteiger partial charge in [-0.25, -0.2) is 0 Å². The highest BCUT2D eigenvalue weighted by Gasteiger charge is 2.53. The second-order valence-electron chi connectivity index (χ2n) is 5.36. The lowest BCUT2D eigenvalue weighted by molar-refractivity contribution is 0.404. The van der Waals surface area contributed by atoms with E-state index in [0.29, 0.717) is 0 Å². The van der Waals surface area contributed by atoms with Gasteiger partial charge >= 0.3 is 0 Å². The molecule has 1 aromatic heterocycles. The average Bonchev–Trinajstić information content (AvgIpc) is 3.11. The topological polar surface area (TPSA) is 12.0 Å². The normalized spacial score (nSPS) is 22.4. The summed E-state index contributed by atoms with van der Waals surface area (Å²) in [7, 11) is 0. The molecule has 2 fully saturated rings. The second-order valence-corrected chi connectivity index (χ2v) is 7.55. The van der Waals surface area contributed by atoms with Gasteiger partial charge in [0.2, 0.25) is 0 Å². The fourth-order valence-electron chi connectivity index (χ4n) is 2.63. The smallest absolute Gasteiger partial charge is 0.0314 e. The first-order valence-electron chi connectivity index (χ1n) is 6.15. The fraction of sp³-hybridized carbons (Fsp3) is 0.692. The number of hydrogen-bond acceptors (Lipinski definition) is 2. The molecule has 0 amide bonds. The number of thiophene rings is 1. The van der Waals surface area contributed by atoms with Gasteiger partial charge in [0.05, 0.1) is 0 Å². The molecule has 3 rings (SSSR count). The van der Waals surface area contributed by atoms with E-state index in [1.807, 2.05) is 11.3 Å². The highest BCUT2D eigenvalue weighted by atomic mass is 79.9. The Bertz CT molecular complexity index is 371. The Labute approximate surface area is 110 Å². The van der Waals surface area contributed by atoms with Crippen LogP contribution in [0.15, 0.2) is 10.5 Å². The number of aryl methyl sites for hydroxylation is 1. The zero-order valence-electron chi connectivity index (χ0n) is 9.68. The first kappa shape index (κ1) is 11.2. The molecule has 0 saturated heterocycles. The molecule has 1 aromatic rings. The van der Waals surface area contributed by atoms with Crippen LogP contribution in [0.25, 0.3) is 0 Å². The Hall–Kier alpha value is 0.140. The SMILES string of the molecule is Cc1sc(CNCC2(C3CC3)CC2)cc1Br. The quantitative estimate of drug-likeness (QED) is 0.863. The van der Waals surface area contributed by atoms with Crippen molar-refractivity contribution in [2.45, 2.75) is 39.2 Å². The van der Waals surface area contributed by atoms with Crippen LogP contribution in [-0.2, 0) is 6.54 Å². The lowest BCUT2D eigenvalue weighted by atomic mass is 10.0. The zero-order chi connectivity index (χ0) is 11.2. The van der Waals surface area contributed by atoms with Gasteiger partial charge in [-0.3, -0.25) is 0 Å². The Morgan fingerprint density at radius 3 is 2.75 bits per heavy atom. The van der Waals surface area contributed by atoms with Crippen LogP contribution in [0.1, 0.15) is 35.4 Å². The Morgan fingerprint density at radius 2 is 2.25 bits per heavy atom. The predicted molar refractivity (Wildman–Crippen MR) is 72.9 cm³/mol. The van der Waals surface area contributed by atoms with E-state index in [9.17, 15) is 0 Å². The van der Waals surface area contributed by atoms with Crippen LogP contribution in [0, 0.1) is 18.3 Å². The molecule has 2 saturated carbocycles. The summed E-state index contributed by atoms with van der Waals surface area (Å²) in [4.78, 5) is 2.84. The second kappa shape index (κ2) is 4.11. The minimum atomic E-state index is 0.726. The molecule has 16 heavy (non-hydrogen) atoms. The lowest BCUT2D eigenvalue weighted by Crippen LogP contribution is -2.24. The lowest BCUT2D eigenvalue weighted by Gasteiger charge is -2.14. The highest BCUT2D eigenvalue weighted by Crippen LogP contribution is 2.60. The predicted octanol–water partition coefficient (Wildman–Crippen LogP) is 4.10. The Balaban J connectivity index is 1.49. The molecule has 2 aliphatic rings. The summed E-state index contributed by atoms with van der Waals surface area (Å²) in [6.45, 7) is 4.46. The van der Waals surface area contributed by atoms with E-state index in [2.05, 4.69) is 34.2 Å². The molecule has 2 aliphatic carbocycles. The summed E-state index contributed by atoms with van der Waals surface area (Å²) in [6, 6.07) is 2.25. The van der Waals surface area contributed by atoms with Crippen LogP contribution in [0.4, 0.5) is 0 Å². The number of rotatable bonds is 5. The summed E-state index contributed by atoms with van der Waals surface area (Å²) in [5, 5.41) is 3.66. The van der Waals surface area contributed by atoms with Crippen molar-refractivity contribution in [1.82, 2.24) is 5.32 Å². The maximum Gasteiger partial charge on any atom is 0.0314 e. The molecular formula is C13H18BrNS. The van der Waals surface area contributed by atoms with Gasteiger partial charge in [0, 0.05) is 27.3 Å². The van der Waals surface area contributed by atoms with Crippen LogP contribution in [0.2, 0.25) is 0 Å². The number of halogens is 1. The monoisotopic (exact) mass is 299 g/mol. The van der Waals surface area contributed by atoms with Crippen molar-refractivity contribution in [3.05, 3.63) is 20.3 Å². The molecule has 3 heteroatoms. The first-order chi connectivity index (χ1) is 7.70. The van der Waals surface area contributed by atoms with Crippen molar-refractivity contribution in [1.29, 1.82) is 0 Å². The van der Waals surface area contributed by atoms with E-state index in [1.54, 1.807) is 0 Å². The summed E-state index contributed by atoms with van der Waals surface area (Å²) < 4.78 is 1.26. The molecule has 0 atom stereocenters. The van der Waals surface area contributed by atoms with Crippen molar-refractivity contribution in [2.24, 2.45) is 11.3 Å². The molecule has 0 spiro atoms. The summed E-state index contributed by atoms with van der Waals surface area (Å²) >= 11 is 5.48. The van der Waals surface area contributed by atoms with Gasteiger partial charge in [-0.2, -0.15) is 0 Å². The van der Waals surface area contributed by atoms with Crippen molar-refractivity contribution in [3.8, 4) is 0 Å². The van der Waals surface area contributed by atoms with Gasteiger partial charge in [0.25, 0.3) is 0 Å². The third kappa shape index (κ3) is 2.22. The van der Waals surface area contributed by atoms with Crippen molar-refractivity contribution < 1.29 is 0 Å². The molecule has 88 valence electrons. The maximum atomic E-state index is 3.66. The van der Waals surface area contributed by atoms with Crippen LogP contribution in [0.3, 0.4) is 0 Å². The van der Waals surface area contributed by atoms with Gasteiger partial charge < -0.3 is 5.32 Å². The summed E-state index contributed by atoms with van der Waals surface area (Å²) in [5.41, 5.74) is 0.726. The highest BCUT2D eigenvalue weighted by molar-refractivity contribution is 9.10. The van der Waals surface area contributed by atoms with Crippen LogP contribution in [0.5, 0.6) is 0 Å². The van der Waals surface area contributed by atoms with E-state index >= 15 is 0 Å². The summed E-state index contributed by atoms with van der Waals surface area (Å²) in [5.74, 6) is 1.07. The molecule has 1 nitrogen and oxygen atoms in total. The van der Waals surface area contributed by atoms with E-state index in [1.165, 1.54) is 46.5 Å². The van der Waals surface area contributed by atoms with Gasteiger partial charge in [-0.15, -0.1) is 11.3 Å². The Kier molecular flexibility index (Phi) is 2.89. The first-order valence-corrected chi connectivity index (χ1v) is 7.76. The Morgan fingerprint density at radius 1 is 1.50 bits per heavy atom. The van der Waals surface area contributed by atoms with E-state index < -0.39 is 0 Å². The van der Waals surface area contributed by atoms with Crippen LogP contribution in [-0.4, -0.2) is 6.54 Å². The minimum absolute atomic E-state index is 0.726. The molecule has 0 radical (unpaired) electrons. The summed E-state index contributed by atoms with van der Waals surface area (Å²) in [6.07, 6.45) is 5.92. The molecular weight excluding hydrogens is 282 g/mol. The number of hydrogen-bond donors (Lipinski definition) is 1. The fourth-order valence-corrected chi connectivity index (χ4v) is 4.20.